The lowest BCUT2D eigenvalue weighted by Gasteiger charge is -2.21. The van der Waals surface area contributed by atoms with Crippen molar-refractivity contribution in [3.05, 3.63) is 119 Å². The largest absolute Gasteiger partial charge is 0.493 e. The Morgan fingerprint density at radius 1 is 1.00 bits per heavy atom. The third-order valence-corrected chi connectivity index (χ3v) is 7.07. The zero-order valence-corrected chi connectivity index (χ0v) is 25.4. The van der Waals surface area contributed by atoms with Crippen molar-refractivity contribution in [3.63, 3.8) is 0 Å². The summed E-state index contributed by atoms with van der Waals surface area (Å²) in [5.74, 6) is 1.51. The maximum atomic E-state index is 12.9. The van der Waals surface area contributed by atoms with Gasteiger partial charge in [-0.15, -0.1) is 0 Å². The average molecular weight is 620 g/mol. The maximum absolute atomic E-state index is 12.9. The topological polar surface area (TPSA) is 93.5 Å². The first-order valence-corrected chi connectivity index (χ1v) is 14.7. The van der Waals surface area contributed by atoms with Crippen LogP contribution in [0.25, 0.3) is 11.5 Å². The summed E-state index contributed by atoms with van der Waals surface area (Å²) in [6.45, 7) is 6.08. The lowest BCUT2D eigenvalue weighted by molar-refractivity contribution is -0.137. The number of ether oxygens (including phenoxy) is 1. The van der Waals surface area contributed by atoms with Crippen LogP contribution in [0.15, 0.2) is 95.1 Å². The van der Waals surface area contributed by atoms with Crippen molar-refractivity contribution in [2.24, 2.45) is 0 Å². The van der Waals surface area contributed by atoms with Gasteiger partial charge in [-0.25, -0.2) is 4.98 Å². The number of hydrogen-bond acceptors (Lipinski definition) is 6. The number of aryl methyl sites for hydroxylation is 1. The van der Waals surface area contributed by atoms with Crippen LogP contribution in [0.3, 0.4) is 0 Å². The second-order valence-electron chi connectivity index (χ2n) is 10.6. The SMILES string of the molecule is CCC(=O)NCC(Cc1ccc(OCCc2nc(-c3ccccc3)oc2C)cc1)N/C(C)=C/C(=O)c1ccc(C(F)(F)F)cc1. The first-order chi connectivity index (χ1) is 21.5. The summed E-state index contributed by atoms with van der Waals surface area (Å²) < 4.78 is 50.4. The summed E-state index contributed by atoms with van der Waals surface area (Å²) in [5.41, 5.74) is 2.59. The highest BCUT2D eigenvalue weighted by Crippen LogP contribution is 2.29. The molecule has 1 amide bonds. The van der Waals surface area contributed by atoms with Crippen LogP contribution in [0.5, 0.6) is 5.75 Å². The number of hydrogen-bond donors (Lipinski definition) is 2. The van der Waals surface area contributed by atoms with Gasteiger partial charge in [-0.3, -0.25) is 9.59 Å². The molecule has 0 aliphatic heterocycles. The molecule has 3 aromatic carbocycles. The van der Waals surface area contributed by atoms with Gasteiger partial charge < -0.3 is 19.8 Å². The highest BCUT2D eigenvalue weighted by Gasteiger charge is 2.30. The van der Waals surface area contributed by atoms with Crippen molar-refractivity contribution in [1.29, 1.82) is 0 Å². The van der Waals surface area contributed by atoms with Crippen LogP contribution in [-0.2, 0) is 23.8 Å². The number of allylic oxidation sites excluding steroid dienone is 2. The normalized spacial score (nSPS) is 12.4. The van der Waals surface area contributed by atoms with E-state index in [4.69, 9.17) is 9.15 Å². The van der Waals surface area contributed by atoms with E-state index in [0.29, 0.717) is 49.8 Å². The van der Waals surface area contributed by atoms with E-state index in [1.807, 2.05) is 61.5 Å². The minimum Gasteiger partial charge on any atom is -0.493 e. The fourth-order valence-electron chi connectivity index (χ4n) is 4.64. The monoisotopic (exact) mass is 619 g/mol. The molecule has 1 heterocycles. The van der Waals surface area contributed by atoms with Crippen LogP contribution in [-0.4, -0.2) is 35.9 Å². The molecule has 0 bridgehead atoms. The quantitative estimate of drug-likeness (QED) is 0.116. The van der Waals surface area contributed by atoms with Gasteiger partial charge in [-0.1, -0.05) is 49.4 Å². The van der Waals surface area contributed by atoms with E-state index in [1.54, 1.807) is 13.8 Å². The van der Waals surface area contributed by atoms with Gasteiger partial charge in [0.05, 0.1) is 17.9 Å². The smallest absolute Gasteiger partial charge is 0.416 e. The predicted molar refractivity (Wildman–Crippen MR) is 166 cm³/mol. The van der Waals surface area contributed by atoms with Crippen molar-refractivity contribution in [1.82, 2.24) is 15.6 Å². The number of ketones is 1. The molecule has 45 heavy (non-hydrogen) atoms. The van der Waals surface area contributed by atoms with Crippen LogP contribution >= 0.6 is 0 Å². The number of oxazole rings is 1. The van der Waals surface area contributed by atoms with Crippen LogP contribution in [0.1, 0.15) is 53.2 Å². The molecular formula is C35H36F3N3O4. The molecule has 1 aromatic heterocycles. The Bertz CT molecular complexity index is 1600. The van der Waals surface area contributed by atoms with Gasteiger partial charge in [0.2, 0.25) is 11.8 Å². The van der Waals surface area contributed by atoms with Crippen LogP contribution in [0, 0.1) is 6.92 Å². The zero-order valence-electron chi connectivity index (χ0n) is 25.4. The Morgan fingerprint density at radius 2 is 1.69 bits per heavy atom. The molecule has 4 aromatic rings. The Labute approximate surface area is 260 Å². The van der Waals surface area contributed by atoms with Gasteiger partial charge >= 0.3 is 6.18 Å². The fraction of sp³-hybridized carbons (Fsp3) is 0.286. The van der Waals surface area contributed by atoms with E-state index in [-0.39, 0.29) is 17.5 Å². The first kappa shape index (κ1) is 33.0. The van der Waals surface area contributed by atoms with Crippen molar-refractivity contribution >= 4 is 11.7 Å². The van der Waals surface area contributed by atoms with Gasteiger partial charge in [-0.2, -0.15) is 13.2 Å². The number of carbonyl (C=O) groups excluding carboxylic acids is 2. The summed E-state index contributed by atoms with van der Waals surface area (Å²) in [5, 5.41) is 6.14. The number of aromatic nitrogens is 1. The third-order valence-electron chi connectivity index (χ3n) is 7.07. The highest BCUT2D eigenvalue weighted by atomic mass is 19.4. The molecule has 1 unspecified atom stereocenters. The second-order valence-corrected chi connectivity index (χ2v) is 10.6. The molecule has 4 rings (SSSR count). The molecule has 0 radical (unpaired) electrons. The molecule has 0 aliphatic rings. The molecular weight excluding hydrogens is 583 g/mol. The number of halogens is 3. The minimum atomic E-state index is -4.47. The fourth-order valence-corrected chi connectivity index (χ4v) is 4.64. The summed E-state index contributed by atoms with van der Waals surface area (Å²) >= 11 is 0. The van der Waals surface area contributed by atoms with E-state index < -0.39 is 17.5 Å². The lowest BCUT2D eigenvalue weighted by Crippen LogP contribution is -2.41. The number of benzene rings is 3. The molecule has 236 valence electrons. The van der Waals surface area contributed by atoms with E-state index in [9.17, 15) is 22.8 Å². The van der Waals surface area contributed by atoms with Gasteiger partial charge in [0.1, 0.15) is 11.5 Å². The Kier molecular flexibility index (Phi) is 11.2. The van der Waals surface area contributed by atoms with Gasteiger partial charge in [0.15, 0.2) is 5.78 Å². The van der Waals surface area contributed by atoms with Crippen molar-refractivity contribution in [2.75, 3.05) is 13.2 Å². The van der Waals surface area contributed by atoms with Crippen molar-refractivity contribution in [2.45, 2.75) is 52.3 Å². The van der Waals surface area contributed by atoms with E-state index in [2.05, 4.69) is 15.6 Å². The number of rotatable bonds is 14. The van der Waals surface area contributed by atoms with Gasteiger partial charge in [0.25, 0.3) is 0 Å². The molecule has 0 spiro atoms. The molecule has 1 atom stereocenters. The molecule has 0 aliphatic carbocycles. The van der Waals surface area contributed by atoms with Crippen LogP contribution < -0.4 is 15.4 Å². The molecule has 0 fully saturated rings. The van der Waals surface area contributed by atoms with Crippen molar-refractivity contribution in [3.8, 4) is 17.2 Å². The summed E-state index contributed by atoms with van der Waals surface area (Å²) in [6, 6.07) is 21.2. The number of amides is 1. The van der Waals surface area contributed by atoms with E-state index >= 15 is 0 Å². The van der Waals surface area contributed by atoms with Crippen LogP contribution in [0.4, 0.5) is 13.2 Å². The number of carbonyl (C=O) groups is 2. The average Bonchev–Trinajstić information content (AvgIpc) is 3.40. The molecule has 2 N–H and O–H groups in total. The number of nitrogens with zero attached hydrogens (tertiary/aromatic N) is 1. The van der Waals surface area contributed by atoms with E-state index in [0.717, 1.165) is 46.8 Å². The Morgan fingerprint density at radius 3 is 2.33 bits per heavy atom. The summed E-state index contributed by atoms with van der Waals surface area (Å²) in [6.07, 6.45) is -1.68. The second kappa shape index (κ2) is 15.2. The number of nitrogens with one attached hydrogen (secondary N) is 2. The Balaban J connectivity index is 1.34. The maximum Gasteiger partial charge on any atom is 0.416 e. The standard InChI is InChI=1S/C35H36F3N3O4/c1-4-33(43)39-22-29(40-23(2)20-32(42)26-12-14-28(15-13-26)35(36,37)38)21-25-10-16-30(17-11-25)44-19-18-31-24(3)45-34(41-31)27-8-6-5-7-9-27/h5-17,20,29,40H,4,18-19,21-22H2,1-3H3,(H,39,43)/b23-20+. The van der Waals surface area contributed by atoms with Gasteiger partial charge in [-0.05, 0) is 62.2 Å². The van der Waals surface area contributed by atoms with Crippen LogP contribution in [0.2, 0.25) is 0 Å². The molecule has 10 heteroatoms. The van der Waals surface area contributed by atoms with E-state index in [1.165, 1.54) is 6.08 Å². The van der Waals surface area contributed by atoms with Crippen molar-refractivity contribution < 1.29 is 31.9 Å². The lowest BCUT2D eigenvalue weighted by atomic mass is 10.0. The minimum absolute atomic E-state index is 0.105. The van der Waals surface area contributed by atoms with Gasteiger partial charge in [0, 0.05) is 48.3 Å². The molecule has 0 saturated carbocycles. The Hall–Kier alpha value is -4.86. The zero-order chi connectivity index (χ0) is 32.4. The molecule has 7 nitrogen and oxygen atoms in total. The summed E-state index contributed by atoms with van der Waals surface area (Å²) in [7, 11) is 0. The third kappa shape index (κ3) is 9.82. The first-order valence-electron chi connectivity index (χ1n) is 14.7. The highest BCUT2D eigenvalue weighted by molar-refractivity contribution is 6.04. The number of alkyl halides is 3. The summed E-state index contributed by atoms with van der Waals surface area (Å²) in [4.78, 5) is 29.2. The molecule has 0 saturated heterocycles. The predicted octanol–water partition coefficient (Wildman–Crippen LogP) is 7.10.